The van der Waals surface area contributed by atoms with Gasteiger partial charge in [-0.3, -0.25) is 14.9 Å². The molecule has 0 spiro atoms. The average Bonchev–Trinajstić information content (AvgIpc) is 3.66. The number of aromatic nitrogens is 7. The highest BCUT2D eigenvalue weighted by molar-refractivity contribution is 7.11. The summed E-state index contributed by atoms with van der Waals surface area (Å²) >= 11 is 7.74. The number of H-pyrrole nitrogens is 1. The first kappa shape index (κ1) is 30.3. The van der Waals surface area contributed by atoms with E-state index in [-0.39, 0.29) is 0 Å². The second kappa shape index (κ2) is 13.4. The van der Waals surface area contributed by atoms with Gasteiger partial charge >= 0.3 is 6.09 Å². The van der Waals surface area contributed by atoms with Crippen molar-refractivity contribution in [3.05, 3.63) is 103 Å². The van der Waals surface area contributed by atoms with Crippen molar-refractivity contribution < 1.29 is 14.3 Å². The largest absolute Gasteiger partial charge is 0.453 e. The maximum absolute atomic E-state index is 13.3. The maximum atomic E-state index is 13.3. The Labute approximate surface area is 260 Å². The lowest BCUT2D eigenvalue weighted by Gasteiger charge is -2.17. The first-order valence-electron chi connectivity index (χ1n) is 13.2. The van der Waals surface area contributed by atoms with Gasteiger partial charge in [0.1, 0.15) is 6.33 Å². The maximum Gasteiger partial charge on any atom is 0.411 e. The fraction of sp³-hybridized carbons (Fsp3) is 0.172. The number of aryl methyl sites for hydroxylation is 2. The van der Waals surface area contributed by atoms with Crippen molar-refractivity contribution in [2.45, 2.75) is 26.3 Å². The van der Waals surface area contributed by atoms with Crippen molar-refractivity contribution >= 4 is 46.7 Å². The van der Waals surface area contributed by atoms with Crippen LogP contribution in [-0.2, 0) is 16.0 Å². The van der Waals surface area contributed by atoms with Gasteiger partial charge in [-0.15, -0.1) is 16.4 Å². The molecule has 0 radical (unpaired) electrons. The number of rotatable bonds is 9. The Bertz CT molecular complexity index is 1870. The van der Waals surface area contributed by atoms with Crippen LogP contribution in [0.25, 0.3) is 22.9 Å². The van der Waals surface area contributed by atoms with Gasteiger partial charge < -0.3 is 10.1 Å². The van der Waals surface area contributed by atoms with E-state index in [4.69, 9.17) is 11.6 Å². The van der Waals surface area contributed by atoms with Crippen molar-refractivity contribution in [2.24, 2.45) is 0 Å². The topological polar surface area (TPSA) is 170 Å². The highest BCUT2D eigenvalue weighted by Crippen LogP contribution is 2.26. The summed E-state index contributed by atoms with van der Waals surface area (Å²) < 4.78 is 6.08. The number of anilines is 1. The summed E-state index contributed by atoms with van der Waals surface area (Å²) in [4.78, 5) is 43.3. The number of tetrazole rings is 1. The van der Waals surface area contributed by atoms with Crippen molar-refractivity contribution in [3.63, 3.8) is 0 Å². The van der Waals surface area contributed by atoms with Crippen LogP contribution in [0.2, 0.25) is 5.02 Å². The van der Waals surface area contributed by atoms with Gasteiger partial charge in [0, 0.05) is 33.6 Å². The number of benzene rings is 2. The molecule has 3 N–H and O–H groups in total. The minimum absolute atomic E-state index is 0.339. The molecule has 3 heterocycles. The van der Waals surface area contributed by atoms with E-state index in [1.165, 1.54) is 35.5 Å². The van der Waals surface area contributed by atoms with E-state index in [1.807, 2.05) is 13.8 Å². The molecule has 13 nitrogen and oxygen atoms in total. The Morgan fingerprint density at radius 3 is 2.64 bits per heavy atom. The Kier molecular flexibility index (Phi) is 9.21. The van der Waals surface area contributed by atoms with E-state index in [0.717, 1.165) is 15.6 Å². The molecule has 1 atom stereocenters. The molecule has 0 unspecified atom stereocenters. The highest BCUT2D eigenvalue weighted by Gasteiger charge is 2.21. The van der Waals surface area contributed by atoms with E-state index in [2.05, 4.69) is 46.1 Å². The van der Waals surface area contributed by atoms with Gasteiger partial charge in [0.2, 0.25) is 5.91 Å². The van der Waals surface area contributed by atoms with E-state index >= 15 is 0 Å². The number of hydrogen-bond donors (Lipinski definition) is 3. The molecule has 2 aromatic carbocycles. The van der Waals surface area contributed by atoms with Crippen LogP contribution < -0.4 is 16.2 Å². The first-order chi connectivity index (χ1) is 21.2. The van der Waals surface area contributed by atoms with Crippen LogP contribution in [0.3, 0.4) is 0 Å². The number of ether oxygens (including phenoxy) is 1. The van der Waals surface area contributed by atoms with E-state index in [0.29, 0.717) is 45.2 Å². The molecule has 0 saturated carbocycles. The molecule has 0 fully saturated rings. The third-order valence-electron chi connectivity index (χ3n) is 6.58. The quantitative estimate of drug-likeness (QED) is 0.199. The number of halogens is 1. The molecule has 0 aliphatic heterocycles. The van der Waals surface area contributed by atoms with Crippen LogP contribution in [0.15, 0.2) is 65.7 Å². The SMILES string of the molecule is COC(=O)Nc1ccc(-c2cc([C@H](Cc3nc(C)c(C)s3)NC(=O)/C=C/c3cc(Cl)ccc3-n3cnnn3)n[nH]c2=O)cc1. The molecule has 0 aliphatic rings. The zero-order valence-corrected chi connectivity index (χ0v) is 25.3. The zero-order chi connectivity index (χ0) is 31.2. The Balaban J connectivity index is 1.44. The van der Waals surface area contributed by atoms with E-state index < -0.39 is 23.6 Å². The van der Waals surface area contributed by atoms with Gasteiger partial charge in [-0.1, -0.05) is 23.7 Å². The fourth-order valence-electron chi connectivity index (χ4n) is 4.27. The van der Waals surface area contributed by atoms with Crippen molar-refractivity contribution in [1.29, 1.82) is 0 Å². The number of hydrogen-bond acceptors (Lipinski definition) is 10. The summed E-state index contributed by atoms with van der Waals surface area (Å²) in [5, 5.41) is 24.9. The smallest absolute Gasteiger partial charge is 0.411 e. The predicted octanol–water partition coefficient (Wildman–Crippen LogP) is 4.43. The van der Waals surface area contributed by atoms with Gasteiger partial charge in [-0.25, -0.2) is 14.9 Å². The molecule has 224 valence electrons. The lowest BCUT2D eigenvalue weighted by Crippen LogP contribution is -2.30. The normalized spacial score (nSPS) is 11.8. The highest BCUT2D eigenvalue weighted by atomic mass is 35.5. The van der Waals surface area contributed by atoms with Crippen molar-refractivity contribution in [3.8, 4) is 16.8 Å². The number of methoxy groups -OCH3 is 1. The Hall–Kier alpha value is -5.21. The van der Waals surface area contributed by atoms with Gasteiger partial charge in [-0.2, -0.15) is 9.78 Å². The molecular weight excluding hydrogens is 606 g/mol. The number of carbonyl (C=O) groups is 2. The number of nitrogens with zero attached hydrogens (tertiary/aromatic N) is 6. The summed E-state index contributed by atoms with van der Waals surface area (Å²) in [5.74, 6) is -0.407. The van der Waals surface area contributed by atoms with Crippen molar-refractivity contribution in [2.75, 3.05) is 12.4 Å². The molecule has 5 rings (SSSR count). The molecule has 44 heavy (non-hydrogen) atoms. The predicted molar refractivity (Wildman–Crippen MR) is 166 cm³/mol. The molecule has 0 saturated heterocycles. The molecule has 5 aromatic rings. The lowest BCUT2D eigenvalue weighted by molar-refractivity contribution is -0.117. The Morgan fingerprint density at radius 2 is 1.95 bits per heavy atom. The van der Waals surface area contributed by atoms with E-state index in [1.54, 1.807) is 54.6 Å². The molecule has 0 aliphatic carbocycles. The summed E-state index contributed by atoms with van der Waals surface area (Å²) in [6.07, 6.45) is 4.17. The number of amides is 2. The molecular formula is C29H26ClN9O4S. The van der Waals surface area contributed by atoms with Gasteiger partial charge in [0.15, 0.2) is 0 Å². The summed E-state index contributed by atoms with van der Waals surface area (Å²) in [6, 6.07) is 12.8. The fourth-order valence-corrected chi connectivity index (χ4v) is 5.43. The van der Waals surface area contributed by atoms with Crippen molar-refractivity contribution in [1.82, 2.24) is 40.7 Å². The van der Waals surface area contributed by atoms with Crippen LogP contribution in [0.5, 0.6) is 0 Å². The summed E-state index contributed by atoms with van der Waals surface area (Å²) in [6.45, 7) is 3.91. The third kappa shape index (κ3) is 7.22. The van der Waals surface area contributed by atoms with Gasteiger partial charge in [0.25, 0.3) is 5.56 Å². The molecule has 0 bridgehead atoms. The van der Waals surface area contributed by atoms with Crippen LogP contribution in [-0.4, -0.2) is 54.5 Å². The second-order valence-corrected chi connectivity index (χ2v) is 11.3. The minimum atomic E-state index is -0.633. The molecule has 3 aromatic heterocycles. The third-order valence-corrected chi connectivity index (χ3v) is 7.91. The van der Waals surface area contributed by atoms with E-state index in [9.17, 15) is 14.4 Å². The number of carbonyl (C=O) groups excluding carboxylic acids is 2. The second-order valence-electron chi connectivity index (χ2n) is 9.53. The van der Waals surface area contributed by atoms with Crippen LogP contribution >= 0.6 is 22.9 Å². The number of thiazole rings is 1. The Morgan fingerprint density at radius 1 is 1.16 bits per heavy atom. The van der Waals surface area contributed by atoms with Crippen LogP contribution in [0.4, 0.5) is 10.5 Å². The summed E-state index contributed by atoms with van der Waals surface area (Å²) in [5.41, 5.74) is 3.61. The molecule has 15 heteroatoms. The standard InChI is InChI=1S/C29H26ClN9O4S/c1-16-17(2)44-27(32-16)14-23(34-26(40)11-6-19-12-20(30)7-10-25(19)39-15-31-37-38-39)24-13-22(28(41)36-35-24)18-4-8-21(9-5-18)33-29(42)43-3/h4-13,15,23H,14H2,1-3H3,(H,33,42)(H,34,40)(H,36,41)/b11-6+/t23-/m0/s1. The van der Waals surface area contributed by atoms with Crippen LogP contribution in [0, 0.1) is 13.8 Å². The average molecular weight is 632 g/mol. The van der Waals surface area contributed by atoms with Gasteiger partial charge in [0.05, 0.1) is 40.8 Å². The first-order valence-corrected chi connectivity index (χ1v) is 14.4. The number of aromatic amines is 1. The van der Waals surface area contributed by atoms with Gasteiger partial charge in [-0.05, 0) is 72.3 Å². The monoisotopic (exact) mass is 631 g/mol. The minimum Gasteiger partial charge on any atom is -0.453 e. The number of nitrogens with one attached hydrogen (secondary N) is 3. The summed E-state index contributed by atoms with van der Waals surface area (Å²) in [7, 11) is 1.27. The lowest BCUT2D eigenvalue weighted by atomic mass is 10.0. The molecule has 2 amide bonds. The zero-order valence-electron chi connectivity index (χ0n) is 23.7. The van der Waals surface area contributed by atoms with Crippen LogP contribution in [0.1, 0.15) is 32.9 Å².